The third-order valence-electron chi connectivity index (χ3n) is 7.61. The molecule has 0 atom stereocenters. The van der Waals surface area contributed by atoms with Crippen LogP contribution in [0.25, 0.3) is 0 Å². The first-order valence-corrected chi connectivity index (χ1v) is 11.6. The van der Waals surface area contributed by atoms with Gasteiger partial charge in [0.15, 0.2) is 0 Å². The minimum Gasteiger partial charge on any atom is -0.494 e. The van der Waals surface area contributed by atoms with Crippen molar-refractivity contribution in [1.82, 2.24) is 19.1 Å². The van der Waals surface area contributed by atoms with E-state index in [1.165, 1.54) is 0 Å². The van der Waals surface area contributed by atoms with E-state index in [9.17, 15) is 19.5 Å². The lowest BCUT2D eigenvalue weighted by atomic mass is 9.47. The quantitative estimate of drug-likeness (QED) is 0.343. The molecule has 1 amide bonds. The first-order valence-electron chi connectivity index (χ1n) is 11.6. The predicted octanol–water partition coefficient (Wildman–Crippen LogP) is 0.908. The Morgan fingerprint density at radius 2 is 1.91 bits per heavy atom. The van der Waals surface area contributed by atoms with E-state index in [4.69, 9.17) is 16.9 Å². The summed E-state index contributed by atoms with van der Waals surface area (Å²) in [6.07, 6.45) is 9.77. The van der Waals surface area contributed by atoms with Gasteiger partial charge in [0.2, 0.25) is 11.8 Å². The monoisotopic (exact) mass is 469 g/mol. The molecule has 0 bridgehead atoms. The van der Waals surface area contributed by atoms with Crippen LogP contribution in [-0.4, -0.2) is 36.0 Å². The van der Waals surface area contributed by atoms with Crippen LogP contribution in [-0.2, 0) is 16.8 Å². The van der Waals surface area contributed by atoms with E-state index in [-0.39, 0.29) is 23.6 Å². The Kier molecular flexibility index (Phi) is 6.05. The summed E-state index contributed by atoms with van der Waals surface area (Å²) in [6.45, 7) is 2.19. The Labute approximate surface area is 196 Å². The summed E-state index contributed by atoms with van der Waals surface area (Å²) in [5, 5.41) is 18.3. The van der Waals surface area contributed by atoms with Crippen LogP contribution in [0, 0.1) is 10.8 Å². The van der Waals surface area contributed by atoms with Gasteiger partial charge in [-0.05, 0) is 50.4 Å². The summed E-state index contributed by atoms with van der Waals surface area (Å²) < 4.78 is 2.29. The smallest absolute Gasteiger partial charge is 0.334 e. The molecule has 2 heterocycles. The molecule has 2 aliphatic carbocycles. The number of nitrogens with zero attached hydrogens (tertiary/aromatic N) is 4. The molecule has 6 N–H and O–H groups in total. The molecule has 2 fully saturated rings. The van der Waals surface area contributed by atoms with Crippen LogP contribution in [0.4, 0.5) is 0 Å². The second-order valence-electron chi connectivity index (χ2n) is 9.70. The SMILES string of the molecule is CCCCn1c(O)c(C(=N)N)c(=O)n(C2CCC3(CC2)CC(C(N)=O)(c2cnccn2)C3)c1=O. The van der Waals surface area contributed by atoms with E-state index < -0.39 is 34.3 Å². The molecular formula is C23H31N7O4. The van der Waals surface area contributed by atoms with Gasteiger partial charge in [-0.1, -0.05) is 13.3 Å². The first kappa shape index (κ1) is 23.7. The second kappa shape index (κ2) is 8.69. The molecule has 11 heteroatoms. The summed E-state index contributed by atoms with van der Waals surface area (Å²) in [5.74, 6) is -1.53. The van der Waals surface area contributed by atoms with Crippen LogP contribution >= 0.6 is 0 Å². The van der Waals surface area contributed by atoms with Gasteiger partial charge in [0.1, 0.15) is 11.4 Å². The van der Waals surface area contributed by atoms with Crippen LogP contribution in [0.2, 0.25) is 0 Å². The number of nitrogens with two attached hydrogens (primary N) is 2. The van der Waals surface area contributed by atoms with Crippen molar-refractivity contribution in [3.8, 4) is 5.88 Å². The number of rotatable bonds is 7. The van der Waals surface area contributed by atoms with Gasteiger partial charge in [0.05, 0.1) is 11.1 Å². The third kappa shape index (κ3) is 3.68. The number of hydrogen-bond donors (Lipinski definition) is 4. The highest BCUT2D eigenvalue weighted by molar-refractivity contribution is 5.96. The van der Waals surface area contributed by atoms with Crippen molar-refractivity contribution in [2.24, 2.45) is 16.9 Å². The van der Waals surface area contributed by atoms with Gasteiger partial charge in [0.25, 0.3) is 5.56 Å². The average Bonchev–Trinajstić information content (AvgIpc) is 2.78. The number of nitrogens with one attached hydrogen (secondary N) is 1. The number of nitrogen functional groups attached to an aromatic ring is 1. The Balaban J connectivity index is 1.60. The molecule has 0 radical (unpaired) electrons. The van der Waals surface area contributed by atoms with Gasteiger partial charge in [-0.2, -0.15) is 0 Å². The normalized spacial score (nSPS) is 26.2. The Morgan fingerprint density at radius 3 is 2.44 bits per heavy atom. The number of aromatic nitrogens is 4. The molecule has 0 aromatic carbocycles. The van der Waals surface area contributed by atoms with Gasteiger partial charge >= 0.3 is 5.69 Å². The predicted molar refractivity (Wildman–Crippen MR) is 125 cm³/mol. The lowest BCUT2D eigenvalue weighted by Gasteiger charge is -2.57. The topological polar surface area (TPSA) is 183 Å². The van der Waals surface area contributed by atoms with Gasteiger partial charge in [0, 0.05) is 31.2 Å². The summed E-state index contributed by atoms with van der Waals surface area (Å²) in [6, 6.07) is -0.378. The van der Waals surface area contributed by atoms with Gasteiger partial charge < -0.3 is 16.6 Å². The highest BCUT2D eigenvalue weighted by Crippen LogP contribution is 2.62. The zero-order valence-corrected chi connectivity index (χ0v) is 19.3. The molecule has 1 spiro atoms. The molecule has 0 unspecified atom stereocenters. The van der Waals surface area contributed by atoms with E-state index in [1.807, 2.05) is 6.92 Å². The minimum absolute atomic E-state index is 0.117. The maximum Gasteiger partial charge on any atom is 0.334 e. The van der Waals surface area contributed by atoms with Crippen molar-refractivity contribution >= 4 is 11.7 Å². The molecule has 2 aliphatic rings. The number of carbonyl (C=O) groups excluding carboxylic acids is 1. The number of aromatic hydroxyl groups is 1. The molecule has 0 aliphatic heterocycles. The first-order chi connectivity index (χ1) is 16.2. The van der Waals surface area contributed by atoms with Crippen molar-refractivity contribution < 1.29 is 9.90 Å². The lowest BCUT2D eigenvalue weighted by Crippen LogP contribution is -2.58. The van der Waals surface area contributed by atoms with E-state index >= 15 is 0 Å². The second-order valence-corrected chi connectivity index (χ2v) is 9.70. The van der Waals surface area contributed by atoms with Crippen LogP contribution in [0.15, 0.2) is 28.2 Å². The molecule has 34 heavy (non-hydrogen) atoms. The molecule has 2 saturated carbocycles. The van der Waals surface area contributed by atoms with Crippen LogP contribution in [0.1, 0.15) is 75.6 Å². The molecular weight excluding hydrogens is 438 g/mol. The van der Waals surface area contributed by atoms with E-state index in [0.717, 1.165) is 15.6 Å². The summed E-state index contributed by atoms with van der Waals surface area (Å²) in [4.78, 5) is 47.1. The van der Waals surface area contributed by atoms with Crippen LogP contribution in [0.5, 0.6) is 5.88 Å². The standard InChI is InChI=1S/C23H31N7O4/c1-2-3-10-29-18(31)16(17(24)25)19(32)30(21(29)34)14-4-6-22(7-5-14)12-23(13-22,20(26)33)15-11-27-8-9-28-15/h8-9,11,14,31H,2-7,10,12-13H2,1H3,(H3,24,25)(H2,26,33). The maximum atomic E-state index is 13.2. The molecule has 4 rings (SSSR count). The van der Waals surface area contributed by atoms with Gasteiger partial charge in [-0.25, -0.2) is 4.79 Å². The Hall–Kier alpha value is -3.50. The van der Waals surface area contributed by atoms with E-state index in [2.05, 4.69) is 9.97 Å². The average molecular weight is 470 g/mol. The zero-order valence-electron chi connectivity index (χ0n) is 19.3. The fourth-order valence-corrected chi connectivity index (χ4v) is 5.82. The number of primary amides is 1. The number of amides is 1. The summed E-state index contributed by atoms with van der Waals surface area (Å²) in [7, 11) is 0. The van der Waals surface area contributed by atoms with Crippen molar-refractivity contribution in [3.05, 3.63) is 50.7 Å². The lowest BCUT2D eigenvalue weighted by molar-refractivity contribution is -0.136. The van der Waals surface area contributed by atoms with Crippen molar-refractivity contribution in [2.75, 3.05) is 0 Å². The fraction of sp³-hybridized carbons (Fsp3) is 0.565. The van der Waals surface area contributed by atoms with E-state index in [0.29, 0.717) is 50.6 Å². The van der Waals surface area contributed by atoms with E-state index in [1.54, 1.807) is 18.6 Å². The largest absolute Gasteiger partial charge is 0.494 e. The number of hydrogen-bond acceptors (Lipinski definition) is 7. The number of carbonyl (C=O) groups is 1. The molecule has 0 saturated heterocycles. The van der Waals surface area contributed by atoms with Gasteiger partial charge in [-0.15, -0.1) is 0 Å². The molecule has 11 nitrogen and oxygen atoms in total. The number of amidine groups is 1. The minimum atomic E-state index is -0.842. The summed E-state index contributed by atoms with van der Waals surface area (Å²) in [5.41, 5.74) is 9.33. The third-order valence-corrected chi connectivity index (χ3v) is 7.61. The highest BCUT2D eigenvalue weighted by atomic mass is 16.3. The van der Waals surface area contributed by atoms with Crippen LogP contribution in [0.3, 0.4) is 0 Å². The molecule has 182 valence electrons. The van der Waals surface area contributed by atoms with Crippen LogP contribution < -0.4 is 22.7 Å². The molecule has 2 aromatic rings. The highest BCUT2D eigenvalue weighted by Gasteiger charge is 2.60. The summed E-state index contributed by atoms with van der Waals surface area (Å²) >= 11 is 0. The number of unbranched alkanes of at least 4 members (excludes halogenated alkanes) is 1. The zero-order chi connectivity index (χ0) is 24.7. The fourth-order valence-electron chi connectivity index (χ4n) is 5.82. The van der Waals surface area contributed by atoms with Crippen molar-refractivity contribution in [1.29, 1.82) is 5.41 Å². The Morgan fingerprint density at radius 1 is 1.24 bits per heavy atom. The Bertz CT molecular complexity index is 1220. The van der Waals surface area contributed by atoms with Crippen molar-refractivity contribution in [3.63, 3.8) is 0 Å². The van der Waals surface area contributed by atoms with Gasteiger partial charge in [-0.3, -0.25) is 34.1 Å². The maximum absolute atomic E-state index is 13.2. The molecule has 2 aromatic heterocycles. The van der Waals surface area contributed by atoms with Crippen molar-refractivity contribution in [2.45, 2.75) is 76.3 Å².